The van der Waals surface area contributed by atoms with Crippen molar-refractivity contribution in [3.63, 3.8) is 0 Å². The first-order valence-electron chi connectivity index (χ1n) is 20.5. The molecule has 1 unspecified atom stereocenters. The standard InChI is InChI=1S/C43H48F2N5O7PS/c1-2-3-22-56-42(54)36-15-9-21-49(36)58(55,57-33-12-5-4-6-13-33)43(44,45)31-16-19-37-29(23-31)24-38(59-37)39(51)47-34-14-7-11-32-17-18-35(50(32)40(34)52)41(53)48-26-30(27-48)28-10-8-20-46-25-28/h4-6,8,10,12-13,16,19-20,23-25,30,32,34-36H,2-3,7,9,11,14-15,17-18,21-22,26-27H2,1H3,(H,47,51)/t32-,34-,35-,36-,58?/m0/s1. The molecule has 4 aromatic rings. The lowest BCUT2D eigenvalue weighted by Crippen LogP contribution is -2.58. The number of unbranched alkanes of at least 4 members (excludes halogenated alkanes) is 1. The highest BCUT2D eigenvalue weighted by molar-refractivity contribution is 7.57. The van der Waals surface area contributed by atoms with Crippen molar-refractivity contribution in [2.45, 2.75) is 100 Å². The SMILES string of the molecule is CCCCOC(=O)[C@@H]1CCCN1P(=O)(Oc1ccccc1)C(F)(F)c1ccc2sc(C(=O)N[C@H]3CCC[C@H]4CC[C@@H](C(=O)N5CC(c6cccnc6)C5)N4C3=O)cc2c1. The van der Waals surface area contributed by atoms with Crippen LogP contribution in [0.3, 0.4) is 0 Å². The van der Waals surface area contributed by atoms with E-state index in [1.165, 1.54) is 36.4 Å². The first kappa shape index (κ1) is 41.0. The number of halogens is 2. The van der Waals surface area contributed by atoms with E-state index in [0.29, 0.717) is 55.3 Å². The van der Waals surface area contributed by atoms with Crippen LogP contribution in [0.5, 0.6) is 5.75 Å². The number of fused-ring (bicyclic) bond motifs is 2. The summed E-state index contributed by atoms with van der Waals surface area (Å²) in [6.07, 6.45) is 8.57. The van der Waals surface area contributed by atoms with Crippen molar-refractivity contribution in [1.82, 2.24) is 24.8 Å². The third-order valence-electron chi connectivity index (χ3n) is 12.0. The summed E-state index contributed by atoms with van der Waals surface area (Å²) < 4.78 is 61.6. The number of para-hydroxylation sites is 1. The molecule has 12 nitrogen and oxygen atoms in total. The third kappa shape index (κ3) is 8.01. The number of likely N-dealkylation sites (tertiary alicyclic amines) is 1. The summed E-state index contributed by atoms with van der Waals surface area (Å²) in [5.74, 6) is -1.43. The quantitative estimate of drug-likeness (QED) is 0.0816. The summed E-state index contributed by atoms with van der Waals surface area (Å²) in [5, 5.41) is 3.21. The van der Waals surface area contributed by atoms with E-state index < -0.39 is 48.7 Å². The van der Waals surface area contributed by atoms with Crippen molar-refractivity contribution < 1.29 is 41.8 Å². The van der Waals surface area contributed by atoms with Crippen LogP contribution in [0.1, 0.15) is 91.4 Å². The number of hydrogen-bond acceptors (Lipinski definition) is 9. The van der Waals surface area contributed by atoms with Gasteiger partial charge in [-0.1, -0.05) is 43.7 Å². The molecule has 0 spiro atoms. The molecule has 1 N–H and O–H groups in total. The summed E-state index contributed by atoms with van der Waals surface area (Å²) in [7, 11) is -5.18. The summed E-state index contributed by atoms with van der Waals surface area (Å²) in [4.78, 5) is 62.6. The van der Waals surface area contributed by atoms with E-state index in [0.717, 1.165) is 40.8 Å². The Bertz CT molecular complexity index is 2240. The number of pyridine rings is 1. The molecule has 6 heterocycles. The highest BCUT2D eigenvalue weighted by Crippen LogP contribution is 2.69. The number of alkyl halides is 2. The number of thiophene rings is 1. The van der Waals surface area contributed by atoms with E-state index >= 15 is 8.78 Å². The minimum Gasteiger partial charge on any atom is -0.465 e. The Morgan fingerprint density at radius 1 is 0.966 bits per heavy atom. The monoisotopic (exact) mass is 847 g/mol. The highest BCUT2D eigenvalue weighted by atomic mass is 32.1. The van der Waals surface area contributed by atoms with Crippen molar-refractivity contribution in [3.8, 4) is 5.75 Å². The predicted octanol–water partition coefficient (Wildman–Crippen LogP) is 7.69. The van der Waals surface area contributed by atoms with Gasteiger partial charge in [0.15, 0.2) is 0 Å². The van der Waals surface area contributed by atoms with E-state index in [-0.39, 0.29) is 54.0 Å². The smallest absolute Gasteiger partial charge is 0.393 e. The van der Waals surface area contributed by atoms with Gasteiger partial charge in [0.2, 0.25) is 11.8 Å². The fraction of sp³-hybridized carbons (Fsp3) is 0.465. The molecule has 0 saturated carbocycles. The zero-order valence-corrected chi connectivity index (χ0v) is 34.6. The summed E-state index contributed by atoms with van der Waals surface area (Å²) >= 11 is 1.09. The van der Waals surface area contributed by atoms with E-state index in [1.54, 1.807) is 34.2 Å². The van der Waals surface area contributed by atoms with Gasteiger partial charge in [0.25, 0.3) is 5.91 Å². The van der Waals surface area contributed by atoms with E-state index in [2.05, 4.69) is 10.3 Å². The minimum absolute atomic E-state index is 0.0323. The molecule has 312 valence electrons. The zero-order valence-electron chi connectivity index (χ0n) is 32.8. The Hall–Kier alpha value is -4.72. The average Bonchev–Trinajstić information content (AvgIpc) is 3.98. The Labute approximate surface area is 345 Å². The van der Waals surface area contributed by atoms with E-state index in [4.69, 9.17) is 9.26 Å². The second-order valence-corrected chi connectivity index (χ2v) is 19.2. The number of ether oxygens (including phenoxy) is 1. The molecule has 4 aliphatic heterocycles. The van der Waals surface area contributed by atoms with Crippen molar-refractivity contribution in [3.05, 3.63) is 95.1 Å². The van der Waals surface area contributed by atoms with Gasteiger partial charge in [-0.05, 0) is 98.7 Å². The lowest BCUT2D eigenvalue weighted by molar-refractivity contribution is -0.148. The number of nitrogens with zero attached hydrogens (tertiary/aromatic N) is 4. The molecular weight excluding hydrogens is 800 g/mol. The second kappa shape index (κ2) is 17.1. The Balaban J connectivity index is 0.991. The maximum absolute atomic E-state index is 17.0. The number of carbonyl (C=O) groups excluding carboxylic acids is 4. The van der Waals surface area contributed by atoms with Crippen molar-refractivity contribution in [2.75, 3.05) is 26.2 Å². The van der Waals surface area contributed by atoms with Gasteiger partial charge in [-0.3, -0.25) is 28.7 Å². The molecule has 16 heteroatoms. The highest BCUT2D eigenvalue weighted by Gasteiger charge is 2.62. The van der Waals surface area contributed by atoms with Crippen LogP contribution >= 0.6 is 18.9 Å². The number of amides is 3. The maximum atomic E-state index is 17.0. The number of esters is 1. The zero-order chi connectivity index (χ0) is 41.3. The number of benzene rings is 2. The second-order valence-electron chi connectivity index (χ2n) is 15.8. The molecule has 0 radical (unpaired) electrons. The van der Waals surface area contributed by atoms with Gasteiger partial charge in [0.1, 0.15) is 23.9 Å². The average molecular weight is 848 g/mol. The van der Waals surface area contributed by atoms with Crippen LogP contribution < -0.4 is 9.84 Å². The molecule has 59 heavy (non-hydrogen) atoms. The van der Waals surface area contributed by atoms with Crippen LogP contribution in [0.2, 0.25) is 0 Å². The molecular formula is C43H48F2N5O7PS. The van der Waals surface area contributed by atoms with Gasteiger partial charge >= 0.3 is 19.2 Å². The first-order chi connectivity index (χ1) is 28.5. The molecule has 0 aliphatic carbocycles. The van der Waals surface area contributed by atoms with Crippen LogP contribution in [0.15, 0.2) is 79.1 Å². The molecule has 4 fully saturated rings. The summed E-state index contributed by atoms with van der Waals surface area (Å²) in [6, 6.07) is 14.2. The molecule has 2 aromatic heterocycles. The Morgan fingerprint density at radius 3 is 2.54 bits per heavy atom. The van der Waals surface area contributed by atoms with Gasteiger partial charge in [0, 0.05) is 54.3 Å². The van der Waals surface area contributed by atoms with E-state index in [1.807, 2.05) is 25.3 Å². The van der Waals surface area contributed by atoms with Crippen LogP contribution in [-0.2, 0) is 29.3 Å². The lowest BCUT2D eigenvalue weighted by Gasteiger charge is -2.42. The number of hydrogen-bond donors (Lipinski definition) is 1. The predicted molar refractivity (Wildman–Crippen MR) is 218 cm³/mol. The normalized spacial score (nSPS) is 23.6. The van der Waals surface area contributed by atoms with Gasteiger partial charge in [-0.15, -0.1) is 11.3 Å². The largest absolute Gasteiger partial charge is 0.465 e. The van der Waals surface area contributed by atoms with Gasteiger partial charge in [-0.2, -0.15) is 8.78 Å². The number of nitrogens with one attached hydrogen (secondary N) is 1. The minimum atomic E-state index is -5.18. The van der Waals surface area contributed by atoms with Crippen molar-refractivity contribution in [2.24, 2.45) is 0 Å². The van der Waals surface area contributed by atoms with Gasteiger partial charge in [0.05, 0.1) is 11.5 Å². The Kier molecular flexibility index (Phi) is 11.9. The van der Waals surface area contributed by atoms with Crippen molar-refractivity contribution in [1.29, 1.82) is 0 Å². The Morgan fingerprint density at radius 2 is 1.78 bits per heavy atom. The maximum Gasteiger partial charge on any atom is 0.393 e. The topological polar surface area (TPSA) is 138 Å². The van der Waals surface area contributed by atoms with Crippen LogP contribution in [0.25, 0.3) is 10.1 Å². The fourth-order valence-corrected chi connectivity index (χ4v) is 12.1. The van der Waals surface area contributed by atoms with Crippen LogP contribution in [0, 0.1) is 0 Å². The molecule has 2 aromatic carbocycles. The number of carbonyl (C=O) groups is 4. The van der Waals surface area contributed by atoms with Gasteiger partial charge in [-0.25, -0.2) is 4.67 Å². The van der Waals surface area contributed by atoms with Crippen LogP contribution in [-0.4, -0.2) is 93.6 Å². The molecule has 4 saturated heterocycles. The molecule has 4 aliphatic rings. The third-order valence-corrected chi connectivity index (χ3v) is 15.7. The number of rotatable bonds is 13. The molecule has 3 amide bonds. The fourth-order valence-electron chi connectivity index (χ4n) is 8.78. The first-order valence-corrected chi connectivity index (χ1v) is 22.9. The van der Waals surface area contributed by atoms with Gasteiger partial charge < -0.3 is 24.4 Å². The molecule has 5 atom stereocenters. The lowest BCUT2D eigenvalue weighted by atomic mass is 9.92. The molecule has 8 rings (SSSR count). The number of aromatic nitrogens is 1. The van der Waals surface area contributed by atoms with E-state index in [9.17, 15) is 23.7 Å². The summed E-state index contributed by atoms with van der Waals surface area (Å²) in [5.41, 5.74) is -3.60. The van der Waals surface area contributed by atoms with Crippen LogP contribution in [0.4, 0.5) is 8.78 Å². The molecule has 0 bridgehead atoms. The van der Waals surface area contributed by atoms with Crippen molar-refractivity contribution >= 4 is 52.6 Å². The summed E-state index contributed by atoms with van der Waals surface area (Å²) in [6.45, 7) is 3.14.